The molecule has 1 aromatic heterocycles. The van der Waals surface area contributed by atoms with E-state index in [1.54, 1.807) is 0 Å². The van der Waals surface area contributed by atoms with Crippen LogP contribution in [0.1, 0.15) is 15.9 Å². The lowest BCUT2D eigenvalue weighted by Gasteiger charge is -2.08. The molecule has 3 aromatic rings. The third-order valence-electron chi connectivity index (χ3n) is 3.28. The number of hydrogen-bond acceptors (Lipinski definition) is 2. The molecular weight excluding hydrogens is 250 g/mol. The zero-order chi connectivity index (χ0) is 13.9. The molecule has 0 fully saturated rings. The minimum absolute atomic E-state index is 0.158. The molecule has 1 amide bonds. The van der Waals surface area contributed by atoms with Gasteiger partial charge in [0.05, 0.1) is 5.56 Å². The Morgan fingerprint density at radius 3 is 2.60 bits per heavy atom. The highest BCUT2D eigenvalue weighted by atomic mass is 16.1. The van der Waals surface area contributed by atoms with E-state index < -0.39 is 0 Å². The van der Waals surface area contributed by atoms with Crippen LogP contribution in [0.3, 0.4) is 0 Å². The first-order valence-corrected chi connectivity index (χ1v) is 6.42. The average Bonchev–Trinajstić information content (AvgIpc) is 2.97. The first-order chi connectivity index (χ1) is 9.74. The number of rotatable bonds is 3. The summed E-state index contributed by atoms with van der Waals surface area (Å²) in [5.74, 6) is -0.158. The molecule has 20 heavy (non-hydrogen) atoms. The molecule has 0 bridgehead atoms. The second-order valence-corrected chi connectivity index (χ2v) is 4.69. The molecule has 0 saturated heterocycles. The van der Waals surface area contributed by atoms with Gasteiger partial charge >= 0.3 is 0 Å². The van der Waals surface area contributed by atoms with E-state index in [1.165, 1.54) is 0 Å². The summed E-state index contributed by atoms with van der Waals surface area (Å²) in [6, 6.07) is 13.4. The fraction of sp³-hybridized carbons (Fsp3) is 0.0625. The topological polar surface area (TPSA) is 70.9 Å². The minimum Gasteiger partial charge on any atom is -0.398 e. The number of nitrogens with two attached hydrogens (primary N) is 1. The largest absolute Gasteiger partial charge is 0.398 e. The Morgan fingerprint density at radius 1 is 1.15 bits per heavy atom. The van der Waals surface area contributed by atoms with E-state index in [2.05, 4.69) is 10.3 Å². The number of benzene rings is 2. The molecular formula is C16H15N3O. The van der Waals surface area contributed by atoms with Crippen LogP contribution in [0.4, 0.5) is 5.69 Å². The van der Waals surface area contributed by atoms with Gasteiger partial charge < -0.3 is 16.0 Å². The standard InChI is InChI=1S/C16H15N3O/c17-15-8-13-4-2-1-3-12(13)7-14(15)16(20)19-10-11-5-6-18-9-11/h1-9,18H,10,17H2,(H,19,20). The summed E-state index contributed by atoms with van der Waals surface area (Å²) >= 11 is 0. The van der Waals surface area contributed by atoms with Crippen molar-refractivity contribution >= 4 is 22.4 Å². The van der Waals surface area contributed by atoms with Crippen LogP contribution in [0.15, 0.2) is 54.9 Å². The molecule has 1 heterocycles. The zero-order valence-corrected chi connectivity index (χ0v) is 10.9. The highest BCUT2D eigenvalue weighted by molar-refractivity contribution is 6.03. The highest BCUT2D eigenvalue weighted by Crippen LogP contribution is 2.21. The van der Waals surface area contributed by atoms with Gasteiger partial charge in [0.1, 0.15) is 0 Å². The average molecular weight is 265 g/mol. The second kappa shape index (κ2) is 5.09. The number of anilines is 1. The van der Waals surface area contributed by atoms with E-state index in [0.29, 0.717) is 17.8 Å². The highest BCUT2D eigenvalue weighted by Gasteiger charge is 2.10. The molecule has 0 aliphatic rings. The molecule has 4 heteroatoms. The van der Waals surface area contributed by atoms with Crippen LogP contribution >= 0.6 is 0 Å². The fourth-order valence-corrected chi connectivity index (χ4v) is 2.20. The van der Waals surface area contributed by atoms with Gasteiger partial charge in [-0.1, -0.05) is 24.3 Å². The second-order valence-electron chi connectivity index (χ2n) is 4.69. The number of amides is 1. The fourth-order valence-electron chi connectivity index (χ4n) is 2.20. The van der Waals surface area contributed by atoms with Gasteiger partial charge in [-0.2, -0.15) is 0 Å². The third kappa shape index (κ3) is 2.36. The Labute approximate surface area is 116 Å². The smallest absolute Gasteiger partial charge is 0.253 e. The number of nitrogens with one attached hydrogen (secondary N) is 2. The third-order valence-corrected chi connectivity index (χ3v) is 3.28. The van der Waals surface area contributed by atoms with Gasteiger partial charge in [-0.05, 0) is 34.5 Å². The summed E-state index contributed by atoms with van der Waals surface area (Å²) in [6.45, 7) is 0.481. The molecule has 0 radical (unpaired) electrons. The van der Waals surface area contributed by atoms with Crippen LogP contribution < -0.4 is 11.1 Å². The van der Waals surface area contributed by atoms with Crippen molar-refractivity contribution in [2.45, 2.75) is 6.54 Å². The number of hydrogen-bond donors (Lipinski definition) is 3. The van der Waals surface area contributed by atoms with Crippen LogP contribution in [0.2, 0.25) is 0 Å². The zero-order valence-electron chi connectivity index (χ0n) is 10.9. The Hall–Kier alpha value is -2.75. The molecule has 0 unspecified atom stereocenters. The van der Waals surface area contributed by atoms with Crippen molar-refractivity contribution in [3.8, 4) is 0 Å². The van der Waals surface area contributed by atoms with E-state index in [0.717, 1.165) is 16.3 Å². The Bertz CT molecular complexity index is 748. The monoisotopic (exact) mass is 265 g/mol. The lowest BCUT2D eigenvalue weighted by Crippen LogP contribution is -2.23. The van der Waals surface area contributed by atoms with Crippen LogP contribution in [0.25, 0.3) is 10.8 Å². The molecule has 0 aliphatic heterocycles. The SMILES string of the molecule is Nc1cc2ccccc2cc1C(=O)NCc1cc[nH]c1. The van der Waals surface area contributed by atoms with Gasteiger partial charge in [0, 0.05) is 24.6 Å². The minimum atomic E-state index is -0.158. The molecule has 100 valence electrons. The van der Waals surface area contributed by atoms with Gasteiger partial charge in [0.15, 0.2) is 0 Å². The quantitative estimate of drug-likeness (QED) is 0.637. The van der Waals surface area contributed by atoms with Crippen molar-refractivity contribution in [2.24, 2.45) is 0 Å². The number of aromatic nitrogens is 1. The van der Waals surface area contributed by atoms with Crippen LogP contribution in [0, 0.1) is 0 Å². The normalized spacial score (nSPS) is 10.6. The van der Waals surface area contributed by atoms with Crippen molar-refractivity contribution in [1.82, 2.24) is 10.3 Å². The Morgan fingerprint density at radius 2 is 1.90 bits per heavy atom. The van der Waals surface area contributed by atoms with E-state index >= 15 is 0 Å². The number of carbonyl (C=O) groups is 1. The molecule has 0 saturated carbocycles. The van der Waals surface area contributed by atoms with Gasteiger partial charge in [0.2, 0.25) is 0 Å². The van der Waals surface area contributed by atoms with E-state index in [4.69, 9.17) is 5.73 Å². The van der Waals surface area contributed by atoms with Crippen molar-refractivity contribution in [2.75, 3.05) is 5.73 Å². The molecule has 3 rings (SSSR count). The predicted molar refractivity (Wildman–Crippen MR) is 80.3 cm³/mol. The maximum Gasteiger partial charge on any atom is 0.253 e. The molecule has 0 atom stereocenters. The summed E-state index contributed by atoms with van der Waals surface area (Å²) in [6.07, 6.45) is 3.68. The number of H-pyrrole nitrogens is 1. The van der Waals surface area contributed by atoms with Gasteiger partial charge in [-0.25, -0.2) is 0 Å². The Kier molecular flexibility index (Phi) is 3.13. The van der Waals surface area contributed by atoms with E-state index in [1.807, 2.05) is 54.9 Å². The molecule has 0 aliphatic carbocycles. The van der Waals surface area contributed by atoms with Crippen LogP contribution in [0.5, 0.6) is 0 Å². The summed E-state index contributed by atoms with van der Waals surface area (Å²) in [5, 5.41) is 4.91. The lowest BCUT2D eigenvalue weighted by atomic mass is 10.0. The molecule has 4 nitrogen and oxygen atoms in total. The van der Waals surface area contributed by atoms with Crippen molar-refractivity contribution in [1.29, 1.82) is 0 Å². The van der Waals surface area contributed by atoms with Crippen molar-refractivity contribution in [3.05, 3.63) is 66.0 Å². The van der Waals surface area contributed by atoms with Crippen molar-refractivity contribution in [3.63, 3.8) is 0 Å². The van der Waals surface area contributed by atoms with Crippen molar-refractivity contribution < 1.29 is 4.79 Å². The first kappa shape index (κ1) is 12.3. The number of carbonyl (C=O) groups excluding carboxylic acids is 1. The Balaban J connectivity index is 1.85. The molecule has 4 N–H and O–H groups in total. The van der Waals surface area contributed by atoms with Gasteiger partial charge in [-0.15, -0.1) is 0 Å². The molecule has 2 aromatic carbocycles. The maximum atomic E-state index is 12.2. The number of aromatic amines is 1. The van der Waals surface area contributed by atoms with E-state index in [9.17, 15) is 4.79 Å². The van der Waals surface area contributed by atoms with Crippen LogP contribution in [-0.4, -0.2) is 10.9 Å². The van der Waals surface area contributed by atoms with Gasteiger partial charge in [-0.3, -0.25) is 4.79 Å². The van der Waals surface area contributed by atoms with E-state index in [-0.39, 0.29) is 5.91 Å². The summed E-state index contributed by atoms with van der Waals surface area (Å²) in [7, 11) is 0. The summed E-state index contributed by atoms with van der Waals surface area (Å²) in [5.41, 5.74) is 8.00. The first-order valence-electron chi connectivity index (χ1n) is 6.42. The summed E-state index contributed by atoms with van der Waals surface area (Å²) in [4.78, 5) is 15.2. The number of fused-ring (bicyclic) bond motifs is 1. The lowest BCUT2D eigenvalue weighted by molar-refractivity contribution is 0.0952. The predicted octanol–water partition coefficient (Wildman–Crippen LogP) is 2.68. The molecule has 0 spiro atoms. The number of nitrogen functional groups attached to an aromatic ring is 1. The van der Waals surface area contributed by atoms with Gasteiger partial charge in [0.25, 0.3) is 5.91 Å². The van der Waals surface area contributed by atoms with Crippen LogP contribution in [-0.2, 0) is 6.54 Å². The maximum absolute atomic E-state index is 12.2. The summed E-state index contributed by atoms with van der Waals surface area (Å²) < 4.78 is 0.